The Morgan fingerprint density at radius 3 is 2.78 bits per heavy atom. The van der Waals surface area contributed by atoms with Crippen LogP contribution in [-0.2, 0) is 9.63 Å². The summed E-state index contributed by atoms with van der Waals surface area (Å²) in [7, 11) is 1.97. The summed E-state index contributed by atoms with van der Waals surface area (Å²) in [5.74, 6) is 3.58. The van der Waals surface area contributed by atoms with Crippen LogP contribution in [0.4, 0.5) is 0 Å². The average Bonchev–Trinajstić information content (AvgIpc) is 2.97. The molecule has 0 spiro atoms. The van der Waals surface area contributed by atoms with Gasteiger partial charge in [0.05, 0.1) is 5.71 Å². The molecule has 152 valence electrons. The van der Waals surface area contributed by atoms with Crippen LogP contribution in [-0.4, -0.2) is 31.7 Å². The Hall–Kier alpha value is -0.900. The number of oxime groups is 1. The molecule has 4 heteroatoms. The van der Waals surface area contributed by atoms with E-state index in [-0.39, 0.29) is 5.41 Å². The molecule has 4 fully saturated rings. The molecule has 1 N–H and O–H groups in total. The van der Waals surface area contributed by atoms with Gasteiger partial charge in [0.1, 0.15) is 12.4 Å². The largest absolute Gasteiger partial charge is 0.396 e. The quantitative estimate of drug-likeness (QED) is 0.566. The number of carbonyl (C=O) groups excluding carboxylic acids is 1. The average molecular weight is 375 g/mol. The summed E-state index contributed by atoms with van der Waals surface area (Å²) >= 11 is 0. The van der Waals surface area contributed by atoms with E-state index in [1.54, 1.807) is 0 Å². The van der Waals surface area contributed by atoms with Crippen molar-refractivity contribution in [1.82, 2.24) is 5.32 Å². The zero-order valence-electron chi connectivity index (χ0n) is 17.6. The van der Waals surface area contributed by atoms with E-state index in [0.29, 0.717) is 23.7 Å². The summed E-state index contributed by atoms with van der Waals surface area (Å²) in [5, 5.41) is 7.65. The predicted molar refractivity (Wildman–Crippen MR) is 109 cm³/mol. The van der Waals surface area contributed by atoms with E-state index in [1.807, 2.05) is 7.05 Å². The molecule has 4 aliphatic carbocycles. The predicted octanol–water partition coefficient (Wildman–Crippen LogP) is 4.58. The van der Waals surface area contributed by atoms with Crippen LogP contribution in [0.3, 0.4) is 0 Å². The third-order valence-corrected chi connectivity index (χ3v) is 9.06. The van der Waals surface area contributed by atoms with E-state index in [4.69, 9.17) is 4.84 Å². The van der Waals surface area contributed by atoms with Crippen LogP contribution in [0.25, 0.3) is 0 Å². The molecule has 0 radical (unpaired) electrons. The number of Topliss-reactive ketones (excluding diaryl/α,β-unsaturated/α-hetero) is 1. The Morgan fingerprint density at radius 1 is 1.11 bits per heavy atom. The van der Waals surface area contributed by atoms with Crippen molar-refractivity contribution in [1.29, 1.82) is 0 Å². The molecule has 0 aromatic carbocycles. The van der Waals surface area contributed by atoms with Gasteiger partial charge in [0.2, 0.25) is 0 Å². The highest BCUT2D eigenvalue weighted by Gasteiger charge is 2.60. The van der Waals surface area contributed by atoms with Crippen molar-refractivity contribution in [2.45, 2.75) is 78.1 Å². The molecule has 0 heterocycles. The number of nitrogens with one attached hydrogen (secondary N) is 1. The molecule has 0 aromatic rings. The molecule has 4 unspecified atom stereocenters. The molecule has 0 aromatic heterocycles. The van der Waals surface area contributed by atoms with Gasteiger partial charge in [-0.05, 0) is 100 Å². The first-order valence-corrected chi connectivity index (χ1v) is 11.3. The zero-order valence-corrected chi connectivity index (χ0v) is 17.6. The standard InChI is InChI=1S/C23H38N2O2/c1-22-11-9-17(25-27-14-4-13-24-3)15-16(22)5-6-18-19-7-8-21(26)23(19,2)12-10-20(18)22/h16,18-20,24H,4-15H2,1-3H3/b25-17-/t16?,18?,19?,20?,22-,23-/m0/s1. The van der Waals surface area contributed by atoms with Crippen molar-refractivity contribution in [2.24, 2.45) is 39.7 Å². The molecule has 4 nitrogen and oxygen atoms in total. The van der Waals surface area contributed by atoms with Gasteiger partial charge in [-0.25, -0.2) is 0 Å². The molecule has 27 heavy (non-hydrogen) atoms. The van der Waals surface area contributed by atoms with Gasteiger partial charge in [-0.2, -0.15) is 0 Å². The van der Waals surface area contributed by atoms with Gasteiger partial charge in [-0.3, -0.25) is 4.79 Å². The van der Waals surface area contributed by atoms with Crippen molar-refractivity contribution in [3.8, 4) is 0 Å². The van der Waals surface area contributed by atoms with Crippen molar-refractivity contribution in [3.05, 3.63) is 0 Å². The number of fused-ring (bicyclic) bond motifs is 5. The Kier molecular flexibility index (Phi) is 5.39. The van der Waals surface area contributed by atoms with Gasteiger partial charge in [0.25, 0.3) is 0 Å². The molecule has 0 saturated heterocycles. The number of ketones is 1. The first kappa shape index (κ1) is 19.4. The smallest absolute Gasteiger partial charge is 0.139 e. The maximum atomic E-state index is 12.5. The van der Waals surface area contributed by atoms with Crippen molar-refractivity contribution in [2.75, 3.05) is 20.2 Å². The summed E-state index contributed by atoms with van der Waals surface area (Å²) in [6.07, 6.45) is 11.5. The van der Waals surface area contributed by atoms with Gasteiger partial charge < -0.3 is 10.2 Å². The summed E-state index contributed by atoms with van der Waals surface area (Å²) in [4.78, 5) is 18.1. The Bertz CT molecular complexity index is 603. The molecule has 6 atom stereocenters. The second-order valence-electron chi connectivity index (χ2n) is 10.2. The highest BCUT2D eigenvalue weighted by Crippen LogP contribution is 2.65. The van der Waals surface area contributed by atoms with E-state index >= 15 is 0 Å². The van der Waals surface area contributed by atoms with Crippen LogP contribution >= 0.6 is 0 Å². The minimum absolute atomic E-state index is 0.00678. The van der Waals surface area contributed by atoms with Gasteiger partial charge in [-0.15, -0.1) is 0 Å². The maximum absolute atomic E-state index is 12.5. The van der Waals surface area contributed by atoms with Crippen LogP contribution < -0.4 is 5.32 Å². The summed E-state index contributed by atoms with van der Waals surface area (Å²) < 4.78 is 0. The topological polar surface area (TPSA) is 50.7 Å². The summed E-state index contributed by atoms with van der Waals surface area (Å²) in [5.41, 5.74) is 1.74. The minimum Gasteiger partial charge on any atom is -0.396 e. The third kappa shape index (κ3) is 3.26. The second kappa shape index (κ2) is 7.50. The monoisotopic (exact) mass is 374 g/mol. The summed E-state index contributed by atoms with van der Waals surface area (Å²) in [6, 6.07) is 0. The first-order chi connectivity index (χ1) is 13.0. The fraction of sp³-hybridized carbons (Fsp3) is 0.913. The van der Waals surface area contributed by atoms with Crippen LogP contribution in [0.1, 0.15) is 78.1 Å². The molecule has 0 aliphatic heterocycles. The highest BCUT2D eigenvalue weighted by atomic mass is 16.6. The van der Waals surface area contributed by atoms with Gasteiger partial charge in [0, 0.05) is 11.8 Å². The van der Waals surface area contributed by atoms with Crippen LogP contribution in [0.15, 0.2) is 5.16 Å². The lowest BCUT2D eigenvalue weighted by Crippen LogP contribution is -2.53. The molecular formula is C23H38N2O2. The minimum atomic E-state index is 0.00678. The lowest BCUT2D eigenvalue weighted by molar-refractivity contribution is -0.137. The number of rotatable bonds is 5. The molecule has 4 rings (SSSR count). The Morgan fingerprint density at radius 2 is 1.96 bits per heavy atom. The zero-order chi connectivity index (χ0) is 19.1. The van der Waals surface area contributed by atoms with Crippen LogP contribution in [0, 0.1) is 34.5 Å². The lowest BCUT2D eigenvalue weighted by Gasteiger charge is -2.59. The third-order valence-electron chi connectivity index (χ3n) is 9.06. The second-order valence-corrected chi connectivity index (χ2v) is 10.2. The van der Waals surface area contributed by atoms with Crippen LogP contribution in [0.2, 0.25) is 0 Å². The normalized spacial score (nSPS) is 45.3. The Labute approximate surface area is 164 Å². The van der Waals surface area contributed by atoms with Crippen molar-refractivity contribution in [3.63, 3.8) is 0 Å². The highest BCUT2D eigenvalue weighted by molar-refractivity contribution is 5.87. The molecule has 0 amide bonds. The van der Waals surface area contributed by atoms with Crippen molar-refractivity contribution < 1.29 is 9.63 Å². The van der Waals surface area contributed by atoms with E-state index < -0.39 is 0 Å². The van der Waals surface area contributed by atoms with E-state index in [2.05, 4.69) is 24.3 Å². The van der Waals surface area contributed by atoms with Gasteiger partial charge in [0.15, 0.2) is 0 Å². The Balaban J connectivity index is 1.42. The van der Waals surface area contributed by atoms with E-state index in [1.165, 1.54) is 31.4 Å². The fourth-order valence-electron chi connectivity index (χ4n) is 7.36. The van der Waals surface area contributed by atoms with Crippen LogP contribution in [0.5, 0.6) is 0 Å². The maximum Gasteiger partial charge on any atom is 0.139 e. The first-order valence-electron chi connectivity index (χ1n) is 11.3. The lowest BCUT2D eigenvalue weighted by atomic mass is 9.45. The fourth-order valence-corrected chi connectivity index (χ4v) is 7.36. The van der Waals surface area contributed by atoms with E-state index in [0.717, 1.165) is 62.8 Å². The molecule has 4 aliphatic rings. The molecule has 4 saturated carbocycles. The number of hydrogen-bond donors (Lipinski definition) is 1. The molecule has 0 bridgehead atoms. The van der Waals surface area contributed by atoms with Crippen molar-refractivity contribution >= 4 is 11.5 Å². The summed E-state index contributed by atoms with van der Waals surface area (Å²) in [6.45, 7) is 6.55. The van der Waals surface area contributed by atoms with Gasteiger partial charge >= 0.3 is 0 Å². The molecular weight excluding hydrogens is 336 g/mol. The number of nitrogens with zero attached hydrogens (tertiary/aromatic N) is 1. The SMILES string of the molecule is CNCCCO/N=C1/CC[C@@]2(C)C(CCC3C2CC[C@]2(C)C(=O)CCC32)C1. The van der Waals surface area contributed by atoms with Gasteiger partial charge in [-0.1, -0.05) is 19.0 Å². The van der Waals surface area contributed by atoms with E-state index in [9.17, 15) is 4.79 Å². The number of carbonyl (C=O) groups is 1. The number of hydrogen-bond acceptors (Lipinski definition) is 4.